The summed E-state index contributed by atoms with van der Waals surface area (Å²) < 4.78 is 0. The highest BCUT2D eigenvalue weighted by Gasteiger charge is 2.08. The van der Waals surface area contributed by atoms with Gasteiger partial charge in [-0.2, -0.15) is 5.26 Å². The number of allylic oxidation sites excluding steroid dienone is 1. The predicted molar refractivity (Wildman–Crippen MR) is 47.2 cm³/mol. The van der Waals surface area contributed by atoms with Gasteiger partial charge in [0.1, 0.15) is 0 Å². The van der Waals surface area contributed by atoms with Crippen LogP contribution in [0.15, 0.2) is 12.2 Å². The Kier molecular flexibility index (Phi) is 4.78. The van der Waals surface area contributed by atoms with Gasteiger partial charge in [0.2, 0.25) is 5.91 Å². The van der Waals surface area contributed by atoms with Crippen LogP contribution in [0.1, 0.15) is 13.8 Å². The maximum Gasteiger partial charge on any atom is 0.246 e. The Morgan fingerprint density at radius 3 is 2.75 bits per heavy atom. The first-order valence-electron chi connectivity index (χ1n) is 3.89. The van der Waals surface area contributed by atoms with Crippen LogP contribution in [-0.2, 0) is 4.79 Å². The van der Waals surface area contributed by atoms with Gasteiger partial charge in [-0.1, -0.05) is 6.08 Å². The van der Waals surface area contributed by atoms with Crippen molar-refractivity contribution in [2.24, 2.45) is 5.92 Å². The molecule has 0 aromatic rings. The molecule has 0 aliphatic rings. The first-order chi connectivity index (χ1) is 5.61. The van der Waals surface area contributed by atoms with Crippen molar-refractivity contribution in [3.05, 3.63) is 12.2 Å². The monoisotopic (exact) mass is 166 g/mol. The number of rotatable bonds is 3. The van der Waals surface area contributed by atoms with E-state index in [9.17, 15) is 4.79 Å². The highest BCUT2D eigenvalue weighted by Crippen LogP contribution is 1.96. The van der Waals surface area contributed by atoms with Gasteiger partial charge in [-0.3, -0.25) is 4.79 Å². The topological polar surface area (TPSA) is 44.1 Å². The van der Waals surface area contributed by atoms with E-state index in [4.69, 9.17) is 5.26 Å². The van der Waals surface area contributed by atoms with Crippen molar-refractivity contribution in [1.29, 1.82) is 5.26 Å². The van der Waals surface area contributed by atoms with Gasteiger partial charge in [-0.15, -0.1) is 0 Å². The van der Waals surface area contributed by atoms with Crippen LogP contribution < -0.4 is 0 Å². The van der Waals surface area contributed by atoms with E-state index in [1.807, 2.05) is 0 Å². The molecule has 66 valence electrons. The van der Waals surface area contributed by atoms with Gasteiger partial charge < -0.3 is 4.90 Å². The number of amides is 1. The third-order valence-corrected chi connectivity index (χ3v) is 1.45. The van der Waals surface area contributed by atoms with Crippen LogP contribution in [0.4, 0.5) is 0 Å². The van der Waals surface area contributed by atoms with E-state index < -0.39 is 0 Å². The predicted octanol–water partition coefficient (Wildman–Crippen LogP) is 1.18. The van der Waals surface area contributed by atoms with Crippen molar-refractivity contribution in [2.45, 2.75) is 13.8 Å². The van der Waals surface area contributed by atoms with Crippen molar-refractivity contribution in [1.82, 2.24) is 4.90 Å². The van der Waals surface area contributed by atoms with E-state index in [1.54, 1.807) is 27.0 Å². The second-order valence-electron chi connectivity index (χ2n) is 2.75. The average Bonchev–Trinajstić information content (AvgIpc) is 2.04. The number of nitriles is 1. The third kappa shape index (κ3) is 3.77. The van der Waals surface area contributed by atoms with Gasteiger partial charge in [0.25, 0.3) is 0 Å². The molecule has 1 atom stereocenters. The summed E-state index contributed by atoms with van der Waals surface area (Å²) in [6.07, 6.45) is 3.18. The Hall–Kier alpha value is -1.30. The van der Waals surface area contributed by atoms with Gasteiger partial charge in [0, 0.05) is 13.6 Å². The molecule has 0 aromatic carbocycles. The van der Waals surface area contributed by atoms with Crippen LogP contribution in [0.5, 0.6) is 0 Å². The molecule has 0 heterocycles. The molecule has 3 heteroatoms. The van der Waals surface area contributed by atoms with Gasteiger partial charge in [0.15, 0.2) is 0 Å². The van der Waals surface area contributed by atoms with Crippen LogP contribution in [0, 0.1) is 17.2 Å². The largest absolute Gasteiger partial charge is 0.341 e. The molecule has 0 N–H and O–H groups in total. The van der Waals surface area contributed by atoms with Crippen LogP contribution in [0.3, 0.4) is 0 Å². The Bertz CT molecular complexity index is 215. The number of carbonyl (C=O) groups is 1. The van der Waals surface area contributed by atoms with Gasteiger partial charge in [-0.05, 0) is 19.9 Å². The SMILES string of the molecule is CC=CC(=O)N(C)CC(C)C#N. The second kappa shape index (κ2) is 5.36. The molecule has 12 heavy (non-hydrogen) atoms. The Balaban J connectivity index is 3.97. The van der Waals surface area contributed by atoms with Crippen LogP contribution in [-0.4, -0.2) is 24.4 Å². The Morgan fingerprint density at radius 2 is 2.33 bits per heavy atom. The first kappa shape index (κ1) is 10.7. The van der Waals surface area contributed by atoms with Crippen LogP contribution >= 0.6 is 0 Å². The summed E-state index contributed by atoms with van der Waals surface area (Å²) in [5, 5.41) is 8.49. The molecule has 0 spiro atoms. The Labute approximate surface area is 73.3 Å². The molecule has 1 amide bonds. The van der Waals surface area contributed by atoms with Crippen molar-refractivity contribution in [3.8, 4) is 6.07 Å². The molecular weight excluding hydrogens is 152 g/mol. The Morgan fingerprint density at radius 1 is 1.75 bits per heavy atom. The lowest BCUT2D eigenvalue weighted by molar-refractivity contribution is -0.125. The first-order valence-corrected chi connectivity index (χ1v) is 3.89. The zero-order valence-corrected chi connectivity index (χ0v) is 7.74. The summed E-state index contributed by atoms with van der Waals surface area (Å²) in [5.74, 6) is -0.163. The fourth-order valence-corrected chi connectivity index (χ4v) is 0.811. The van der Waals surface area contributed by atoms with E-state index in [-0.39, 0.29) is 11.8 Å². The number of likely N-dealkylation sites (N-methyl/N-ethyl adjacent to an activating group) is 1. The summed E-state index contributed by atoms with van der Waals surface area (Å²) in [5.41, 5.74) is 0. The molecule has 0 rings (SSSR count). The van der Waals surface area contributed by atoms with Gasteiger partial charge in [0.05, 0.1) is 12.0 Å². The molecule has 0 aliphatic heterocycles. The minimum atomic E-state index is -0.107. The molecule has 0 radical (unpaired) electrons. The number of nitrogens with zero attached hydrogens (tertiary/aromatic N) is 2. The molecule has 0 fully saturated rings. The van der Waals surface area contributed by atoms with E-state index in [1.165, 1.54) is 11.0 Å². The van der Waals surface area contributed by atoms with Crippen molar-refractivity contribution in [2.75, 3.05) is 13.6 Å². The lowest BCUT2D eigenvalue weighted by Gasteiger charge is -2.15. The molecule has 0 aliphatic carbocycles. The zero-order valence-electron chi connectivity index (χ0n) is 7.74. The molecule has 1 unspecified atom stereocenters. The van der Waals surface area contributed by atoms with E-state index in [0.717, 1.165) is 0 Å². The maximum atomic E-state index is 11.1. The van der Waals surface area contributed by atoms with Gasteiger partial charge in [-0.25, -0.2) is 0 Å². The van der Waals surface area contributed by atoms with E-state index >= 15 is 0 Å². The van der Waals surface area contributed by atoms with Crippen molar-refractivity contribution < 1.29 is 4.79 Å². The minimum Gasteiger partial charge on any atom is -0.341 e. The molecule has 0 aromatic heterocycles. The van der Waals surface area contributed by atoms with E-state index in [2.05, 4.69) is 6.07 Å². The summed E-state index contributed by atoms with van der Waals surface area (Å²) in [6.45, 7) is 4.07. The maximum absolute atomic E-state index is 11.1. The minimum absolute atomic E-state index is 0.0559. The van der Waals surface area contributed by atoms with Crippen LogP contribution in [0.25, 0.3) is 0 Å². The number of hydrogen-bond acceptors (Lipinski definition) is 2. The quantitative estimate of drug-likeness (QED) is 0.591. The third-order valence-electron chi connectivity index (χ3n) is 1.45. The standard InChI is InChI=1S/C9H14N2O/c1-4-5-9(12)11(3)7-8(2)6-10/h4-5,8H,7H2,1-3H3. The number of hydrogen-bond donors (Lipinski definition) is 0. The molecule has 0 saturated heterocycles. The fourth-order valence-electron chi connectivity index (χ4n) is 0.811. The zero-order chi connectivity index (χ0) is 9.56. The van der Waals surface area contributed by atoms with Gasteiger partial charge >= 0.3 is 0 Å². The summed E-state index contributed by atoms with van der Waals surface area (Å²) in [7, 11) is 1.69. The molecule has 3 nitrogen and oxygen atoms in total. The van der Waals surface area contributed by atoms with E-state index in [0.29, 0.717) is 6.54 Å². The average molecular weight is 166 g/mol. The molecular formula is C9H14N2O. The molecule has 0 saturated carbocycles. The molecule has 0 bridgehead atoms. The lowest BCUT2D eigenvalue weighted by Crippen LogP contribution is -2.29. The fraction of sp³-hybridized carbons (Fsp3) is 0.556. The second-order valence-corrected chi connectivity index (χ2v) is 2.75. The summed E-state index contributed by atoms with van der Waals surface area (Å²) >= 11 is 0. The summed E-state index contributed by atoms with van der Waals surface area (Å²) in [4.78, 5) is 12.7. The normalized spacial score (nSPS) is 12.5. The number of carbonyl (C=O) groups excluding carboxylic acids is 1. The summed E-state index contributed by atoms with van der Waals surface area (Å²) in [6, 6.07) is 2.07. The van der Waals surface area contributed by atoms with Crippen molar-refractivity contribution in [3.63, 3.8) is 0 Å². The smallest absolute Gasteiger partial charge is 0.246 e. The highest BCUT2D eigenvalue weighted by molar-refractivity contribution is 5.87. The lowest BCUT2D eigenvalue weighted by atomic mass is 10.2. The highest BCUT2D eigenvalue weighted by atomic mass is 16.2. The van der Waals surface area contributed by atoms with Crippen LogP contribution in [0.2, 0.25) is 0 Å². The van der Waals surface area contributed by atoms with Crippen molar-refractivity contribution >= 4 is 5.91 Å².